The maximum atomic E-state index is 10.0. The van der Waals surface area contributed by atoms with Crippen molar-refractivity contribution < 1.29 is 9.66 Å². The summed E-state index contributed by atoms with van der Waals surface area (Å²) in [5.41, 5.74) is 5.51. The van der Waals surface area contributed by atoms with E-state index in [-0.39, 0.29) is 5.69 Å². The fourth-order valence-corrected chi connectivity index (χ4v) is 1.54. The Labute approximate surface area is 114 Å². The average Bonchev–Trinajstić information content (AvgIpc) is 2.51. The Morgan fingerprint density at radius 3 is 2.26 bits per heavy atom. The van der Waals surface area contributed by atoms with Crippen LogP contribution in [-0.2, 0) is 4.74 Å². The van der Waals surface area contributed by atoms with Crippen LogP contribution in [0.3, 0.4) is 0 Å². The number of benzene rings is 1. The molecule has 0 spiro atoms. The van der Waals surface area contributed by atoms with Crippen LogP contribution in [0.5, 0.6) is 0 Å². The number of rotatable bonds is 2. The first-order valence-corrected chi connectivity index (χ1v) is 6.75. The van der Waals surface area contributed by atoms with Crippen molar-refractivity contribution in [2.75, 3.05) is 13.2 Å². The van der Waals surface area contributed by atoms with Gasteiger partial charge in [-0.2, -0.15) is 0 Å². The van der Waals surface area contributed by atoms with Gasteiger partial charge in [0.2, 0.25) is 0 Å². The van der Waals surface area contributed by atoms with Gasteiger partial charge >= 0.3 is 0 Å². The van der Waals surface area contributed by atoms with Gasteiger partial charge in [0.25, 0.3) is 5.69 Å². The lowest BCUT2D eigenvalue weighted by Crippen LogP contribution is -2.27. The number of nitro benzene ring substituents is 1. The van der Waals surface area contributed by atoms with Gasteiger partial charge in [-0.25, -0.2) is 0 Å². The Hall–Kier alpha value is -1.46. The zero-order chi connectivity index (χ0) is 14.5. The molecule has 0 saturated carbocycles. The van der Waals surface area contributed by atoms with Gasteiger partial charge in [-0.3, -0.25) is 10.1 Å². The SMILES string of the molecule is CC.NCC1CCCCO1.O=[N+]([O-])c1ccccc1. The second kappa shape index (κ2) is 11.6. The molecule has 1 saturated heterocycles. The van der Waals surface area contributed by atoms with Crippen LogP contribution in [0.25, 0.3) is 0 Å². The number of nitrogens with zero attached hydrogens (tertiary/aromatic N) is 1. The number of hydrogen-bond acceptors (Lipinski definition) is 4. The number of nitro groups is 1. The highest BCUT2D eigenvalue weighted by atomic mass is 16.6. The Kier molecular flexibility index (Phi) is 10.7. The van der Waals surface area contributed by atoms with Crippen molar-refractivity contribution >= 4 is 5.69 Å². The summed E-state index contributed by atoms with van der Waals surface area (Å²) in [5, 5.41) is 10.0. The summed E-state index contributed by atoms with van der Waals surface area (Å²) < 4.78 is 5.30. The minimum Gasteiger partial charge on any atom is -0.377 e. The fourth-order valence-electron chi connectivity index (χ4n) is 1.54. The summed E-state index contributed by atoms with van der Waals surface area (Å²) in [6.45, 7) is 5.61. The zero-order valence-corrected chi connectivity index (χ0v) is 11.7. The van der Waals surface area contributed by atoms with E-state index in [1.807, 2.05) is 13.8 Å². The lowest BCUT2D eigenvalue weighted by atomic mass is 10.1. The van der Waals surface area contributed by atoms with Gasteiger partial charge in [-0.05, 0) is 19.3 Å². The molecule has 1 heterocycles. The third-order valence-corrected chi connectivity index (χ3v) is 2.50. The molecule has 19 heavy (non-hydrogen) atoms. The van der Waals surface area contributed by atoms with E-state index in [2.05, 4.69) is 0 Å². The van der Waals surface area contributed by atoms with Crippen molar-refractivity contribution in [2.45, 2.75) is 39.2 Å². The summed E-state index contributed by atoms with van der Waals surface area (Å²) in [7, 11) is 0. The molecule has 0 aliphatic carbocycles. The number of non-ortho nitro benzene ring substituents is 1. The lowest BCUT2D eigenvalue weighted by Gasteiger charge is -2.20. The van der Waals surface area contributed by atoms with Gasteiger partial charge in [0.1, 0.15) is 0 Å². The third-order valence-electron chi connectivity index (χ3n) is 2.50. The molecular weight excluding hydrogens is 244 g/mol. The summed E-state index contributed by atoms with van der Waals surface area (Å²) in [6.07, 6.45) is 4.04. The summed E-state index contributed by atoms with van der Waals surface area (Å²) in [6, 6.07) is 7.93. The van der Waals surface area contributed by atoms with E-state index in [0.717, 1.165) is 13.0 Å². The van der Waals surface area contributed by atoms with Crippen LogP contribution in [-0.4, -0.2) is 24.2 Å². The van der Waals surface area contributed by atoms with Crippen LogP contribution < -0.4 is 5.73 Å². The van der Waals surface area contributed by atoms with Crippen molar-refractivity contribution in [1.29, 1.82) is 0 Å². The molecule has 2 rings (SSSR count). The fraction of sp³-hybridized carbons (Fsp3) is 0.571. The van der Waals surface area contributed by atoms with Gasteiger partial charge in [0.05, 0.1) is 11.0 Å². The molecule has 0 amide bonds. The number of hydrogen-bond donors (Lipinski definition) is 1. The van der Waals surface area contributed by atoms with Crippen LogP contribution in [0.15, 0.2) is 30.3 Å². The zero-order valence-electron chi connectivity index (χ0n) is 11.7. The first-order chi connectivity index (χ1) is 9.24. The van der Waals surface area contributed by atoms with Gasteiger partial charge in [0, 0.05) is 25.3 Å². The predicted molar refractivity (Wildman–Crippen MR) is 77.1 cm³/mol. The van der Waals surface area contributed by atoms with E-state index >= 15 is 0 Å². The van der Waals surface area contributed by atoms with E-state index in [4.69, 9.17) is 10.5 Å². The Balaban J connectivity index is 0.000000303. The summed E-state index contributed by atoms with van der Waals surface area (Å²) >= 11 is 0. The van der Waals surface area contributed by atoms with Gasteiger partial charge in [0.15, 0.2) is 0 Å². The first kappa shape index (κ1) is 17.5. The molecule has 0 bridgehead atoms. The molecular formula is C14H24N2O3. The quantitative estimate of drug-likeness (QED) is 0.660. The molecule has 0 aromatic heterocycles. The normalized spacial score (nSPS) is 17.3. The molecule has 5 nitrogen and oxygen atoms in total. The Bertz CT molecular complexity index is 325. The smallest absolute Gasteiger partial charge is 0.269 e. The van der Waals surface area contributed by atoms with Crippen LogP contribution in [0.2, 0.25) is 0 Å². The van der Waals surface area contributed by atoms with E-state index in [0.29, 0.717) is 12.6 Å². The van der Waals surface area contributed by atoms with Crippen molar-refractivity contribution in [2.24, 2.45) is 5.73 Å². The Morgan fingerprint density at radius 2 is 1.95 bits per heavy atom. The predicted octanol–water partition coefficient (Wildman–Crippen LogP) is 3.14. The highest BCUT2D eigenvalue weighted by Gasteiger charge is 2.10. The van der Waals surface area contributed by atoms with Gasteiger partial charge < -0.3 is 10.5 Å². The van der Waals surface area contributed by atoms with Gasteiger partial charge in [-0.15, -0.1) is 0 Å². The number of ether oxygens (including phenoxy) is 1. The van der Waals surface area contributed by atoms with Gasteiger partial charge in [-0.1, -0.05) is 32.0 Å². The molecule has 108 valence electrons. The van der Waals surface area contributed by atoms with Crippen LogP contribution in [0, 0.1) is 10.1 Å². The summed E-state index contributed by atoms with van der Waals surface area (Å²) in [4.78, 5) is 9.59. The molecule has 1 unspecified atom stereocenters. The van der Waals surface area contributed by atoms with E-state index in [9.17, 15) is 10.1 Å². The number of nitrogens with two attached hydrogens (primary N) is 1. The molecule has 1 aromatic rings. The molecule has 1 aromatic carbocycles. The highest BCUT2D eigenvalue weighted by molar-refractivity contribution is 5.27. The molecule has 1 fully saturated rings. The molecule has 5 heteroatoms. The average molecular weight is 268 g/mol. The molecule has 0 radical (unpaired) electrons. The molecule has 1 aliphatic heterocycles. The van der Waals surface area contributed by atoms with E-state index < -0.39 is 4.92 Å². The minimum absolute atomic E-state index is 0.137. The van der Waals surface area contributed by atoms with Crippen molar-refractivity contribution in [1.82, 2.24) is 0 Å². The first-order valence-electron chi connectivity index (χ1n) is 6.75. The number of para-hydroxylation sites is 1. The standard InChI is InChI=1S/C6H5NO2.C6H13NO.C2H6/c8-7(9)6-4-2-1-3-5-6;7-5-6-3-1-2-4-8-6;1-2/h1-5H;6H,1-5,7H2;1-2H3. The largest absolute Gasteiger partial charge is 0.377 e. The highest BCUT2D eigenvalue weighted by Crippen LogP contribution is 2.10. The van der Waals surface area contributed by atoms with E-state index in [1.54, 1.807) is 18.2 Å². The topological polar surface area (TPSA) is 78.4 Å². The molecule has 1 atom stereocenters. The maximum Gasteiger partial charge on any atom is 0.269 e. The van der Waals surface area contributed by atoms with E-state index in [1.165, 1.54) is 25.0 Å². The second-order valence-corrected chi connectivity index (χ2v) is 3.82. The van der Waals surface area contributed by atoms with Crippen molar-refractivity contribution in [3.8, 4) is 0 Å². The van der Waals surface area contributed by atoms with Crippen LogP contribution in [0.1, 0.15) is 33.1 Å². The molecule has 1 aliphatic rings. The van der Waals surface area contributed by atoms with Crippen LogP contribution >= 0.6 is 0 Å². The van der Waals surface area contributed by atoms with Crippen molar-refractivity contribution in [3.05, 3.63) is 40.4 Å². The Morgan fingerprint density at radius 1 is 1.32 bits per heavy atom. The minimum atomic E-state index is -0.417. The molecule has 2 N–H and O–H groups in total. The monoisotopic (exact) mass is 268 g/mol. The van der Waals surface area contributed by atoms with Crippen LogP contribution in [0.4, 0.5) is 5.69 Å². The summed E-state index contributed by atoms with van der Waals surface area (Å²) in [5.74, 6) is 0. The third kappa shape index (κ3) is 8.29. The van der Waals surface area contributed by atoms with Crippen molar-refractivity contribution in [3.63, 3.8) is 0 Å². The second-order valence-electron chi connectivity index (χ2n) is 3.82. The maximum absolute atomic E-state index is 10.0. The lowest BCUT2D eigenvalue weighted by molar-refractivity contribution is -0.384.